The summed E-state index contributed by atoms with van der Waals surface area (Å²) in [5, 5.41) is 3.76. The summed E-state index contributed by atoms with van der Waals surface area (Å²) in [5.74, 6) is 0.818. The molecule has 0 aliphatic heterocycles. The van der Waals surface area contributed by atoms with E-state index in [-0.39, 0.29) is 0 Å². The molecule has 3 heteroatoms. The molecule has 1 saturated carbocycles. The minimum Gasteiger partial charge on any atom is -0.313 e. The second-order valence-corrected chi connectivity index (χ2v) is 7.43. The maximum absolute atomic E-state index is 3.76. The summed E-state index contributed by atoms with van der Waals surface area (Å²) < 4.78 is 0. The zero-order valence-corrected chi connectivity index (χ0v) is 14.7. The van der Waals surface area contributed by atoms with E-state index in [1.165, 1.54) is 45.4 Å². The molecule has 1 aliphatic rings. The summed E-state index contributed by atoms with van der Waals surface area (Å²) in [7, 11) is 4.34. The van der Waals surface area contributed by atoms with Gasteiger partial charge in [0.25, 0.3) is 0 Å². The van der Waals surface area contributed by atoms with Crippen molar-refractivity contribution < 1.29 is 0 Å². The van der Waals surface area contributed by atoms with Gasteiger partial charge in [-0.25, -0.2) is 0 Å². The van der Waals surface area contributed by atoms with Crippen molar-refractivity contribution in [3.05, 3.63) is 0 Å². The largest absolute Gasteiger partial charge is 0.313 e. The quantitative estimate of drug-likeness (QED) is 0.702. The van der Waals surface area contributed by atoms with E-state index in [4.69, 9.17) is 0 Å². The molecule has 1 aliphatic carbocycles. The molecule has 0 spiro atoms. The predicted octanol–water partition coefficient (Wildman–Crippen LogP) is 2.67. The minimum atomic E-state index is 0.458. The smallest absolute Gasteiger partial charge is 0.0159 e. The molecular formula is C17H37N3. The standard InChI is InChI=1S/C17H37N3/c1-7-11-20(13-12-19(5)6)14-15-9-10-17(3,4)16(15)18-8-2/h15-16,18H,7-14H2,1-6H3. The molecule has 0 saturated heterocycles. The second kappa shape index (κ2) is 8.35. The van der Waals surface area contributed by atoms with Crippen molar-refractivity contribution in [1.82, 2.24) is 15.1 Å². The van der Waals surface area contributed by atoms with Crippen LogP contribution in [0.5, 0.6) is 0 Å². The van der Waals surface area contributed by atoms with Crippen LogP contribution in [0.25, 0.3) is 0 Å². The molecule has 0 bridgehead atoms. The Morgan fingerprint density at radius 3 is 2.35 bits per heavy atom. The van der Waals surface area contributed by atoms with E-state index in [2.05, 4.69) is 56.9 Å². The van der Waals surface area contributed by atoms with Gasteiger partial charge >= 0.3 is 0 Å². The highest BCUT2D eigenvalue weighted by Gasteiger charge is 2.41. The Bertz CT molecular complexity index is 263. The van der Waals surface area contributed by atoms with Crippen molar-refractivity contribution >= 4 is 0 Å². The average Bonchev–Trinajstić information content (AvgIpc) is 2.64. The summed E-state index contributed by atoms with van der Waals surface area (Å²) in [6, 6.07) is 0.686. The lowest BCUT2D eigenvalue weighted by Crippen LogP contribution is -2.46. The molecule has 1 rings (SSSR count). The van der Waals surface area contributed by atoms with Crippen molar-refractivity contribution in [2.45, 2.75) is 53.0 Å². The number of nitrogens with zero attached hydrogens (tertiary/aromatic N) is 2. The van der Waals surface area contributed by atoms with Crippen LogP contribution < -0.4 is 5.32 Å². The van der Waals surface area contributed by atoms with Crippen LogP contribution in [0, 0.1) is 11.3 Å². The van der Waals surface area contributed by atoms with E-state index in [9.17, 15) is 0 Å². The molecule has 0 aromatic heterocycles. The van der Waals surface area contributed by atoms with Crippen LogP contribution in [0.2, 0.25) is 0 Å². The van der Waals surface area contributed by atoms with E-state index < -0.39 is 0 Å². The summed E-state index contributed by atoms with van der Waals surface area (Å²) in [6.07, 6.45) is 4.01. The van der Waals surface area contributed by atoms with Crippen LogP contribution in [0.4, 0.5) is 0 Å². The van der Waals surface area contributed by atoms with E-state index in [1.54, 1.807) is 0 Å². The lowest BCUT2D eigenvalue weighted by molar-refractivity contribution is 0.174. The SMILES string of the molecule is CCCN(CCN(C)C)CC1CCC(C)(C)C1NCC. The van der Waals surface area contributed by atoms with E-state index in [0.717, 1.165) is 12.5 Å². The second-order valence-electron chi connectivity index (χ2n) is 7.43. The fourth-order valence-electron chi connectivity index (χ4n) is 3.66. The summed E-state index contributed by atoms with van der Waals surface area (Å²) >= 11 is 0. The predicted molar refractivity (Wildman–Crippen MR) is 89.3 cm³/mol. The molecule has 0 heterocycles. The molecular weight excluding hydrogens is 246 g/mol. The zero-order valence-electron chi connectivity index (χ0n) is 14.7. The first-order valence-corrected chi connectivity index (χ1v) is 8.51. The van der Waals surface area contributed by atoms with Crippen LogP contribution in [0.3, 0.4) is 0 Å². The van der Waals surface area contributed by atoms with Gasteiger partial charge in [0.15, 0.2) is 0 Å². The monoisotopic (exact) mass is 283 g/mol. The molecule has 3 nitrogen and oxygen atoms in total. The minimum absolute atomic E-state index is 0.458. The van der Waals surface area contributed by atoms with Crippen molar-refractivity contribution in [3.8, 4) is 0 Å². The molecule has 1 fully saturated rings. The fourth-order valence-corrected chi connectivity index (χ4v) is 3.66. The van der Waals surface area contributed by atoms with Crippen LogP contribution in [0.1, 0.15) is 47.0 Å². The Morgan fingerprint density at radius 1 is 1.10 bits per heavy atom. The lowest BCUT2D eigenvalue weighted by Gasteiger charge is -2.34. The molecule has 2 unspecified atom stereocenters. The Balaban J connectivity index is 2.57. The highest BCUT2D eigenvalue weighted by molar-refractivity contribution is 4.97. The first kappa shape index (κ1) is 17.9. The molecule has 0 aromatic rings. The normalized spacial score (nSPS) is 25.8. The van der Waals surface area contributed by atoms with Crippen molar-refractivity contribution in [2.24, 2.45) is 11.3 Å². The number of hydrogen-bond donors (Lipinski definition) is 1. The summed E-state index contributed by atoms with van der Waals surface area (Å²) in [4.78, 5) is 4.97. The zero-order chi connectivity index (χ0) is 15.2. The molecule has 120 valence electrons. The van der Waals surface area contributed by atoms with E-state index >= 15 is 0 Å². The van der Waals surface area contributed by atoms with Crippen LogP contribution in [-0.2, 0) is 0 Å². The first-order chi connectivity index (χ1) is 9.40. The van der Waals surface area contributed by atoms with Gasteiger partial charge in [0.1, 0.15) is 0 Å². The highest BCUT2D eigenvalue weighted by Crippen LogP contribution is 2.41. The Labute approximate surface area is 127 Å². The Kier molecular flexibility index (Phi) is 7.49. The lowest BCUT2D eigenvalue weighted by atomic mass is 9.84. The molecule has 20 heavy (non-hydrogen) atoms. The van der Waals surface area contributed by atoms with Gasteiger partial charge in [-0.1, -0.05) is 27.7 Å². The molecule has 0 radical (unpaired) electrons. The highest BCUT2D eigenvalue weighted by atomic mass is 15.2. The van der Waals surface area contributed by atoms with Gasteiger partial charge in [0, 0.05) is 25.7 Å². The van der Waals surface area contributed by atoms with E-state index in [0.29, 0.717) is 11.5 Å². The molecule has 0 aromatic carbocycles. The van der Waals surface area contributed by atoms with E-state index in [1.807, 2.05) is 0 Å². The molecule has 2 atom stereocenters. The number of hydrogen-bond acceptors (Lipinski definition) is 3. The molecule has 1 N–H and O–H groups in total. The number of nitrogens with one attached hydrogen (secondary N) is 1. The van der Waals surface area contributed by atoms with Crippen LogP contribution in [-0.4, -0.2) is 62.7 Å². The van der Waals surface area contributed by atoms with Gasteiger partial charge in [-0.05, 0) is 57.8 Å². The number of likely N-dealkylation sites (N-methyl/N-ethyl adjacent to an activating group) is 1. The van der Waals surface area contributed by atoms with Gasteiger partial charge < -0.3 is 15.1 Å². The third-order valence-electron chi connectivity index (χ3n) is 4.79. The Morgan fingerprint density at radius 2 is 1.80 bits per heavy atom. The summed E-state index contributed by atoms with van der Waals surface area (Å²) in [6.45, 7) is 15.4. The maximum Gasteiger partial charge on any atom is 0.0159 e. The molecule has 0 amide bonds. The van der Waals surface area contributed by atoms with Crippen molar-refractivity contribution in [1.29, 1.82) is 0 Å². The van der Waals surface area contributed by atoms with Gasteiger partial charge in [0.2, 0.25) is 0 Å². The average molecular weight is 284 g/mol. The topological polar surface area (TPSA) is 18.5 Å². The Hall–Kier alpha value is -0.120. The first-order valence-electron chi connectivity index (χ1n) is 8.51. The van der Waals surface area contributed by atoms with Crippen molar-refractivity contribution in [2.75, 3.05) is 46.8 Å². The third kappa shape index (κ3) is 5.34. The number of rotatable bonds is 9. The van der Waals surface area contributed by atoms with Crippen LogP contribution >= 0.6 is 0 Å². The van der Waals surface area contributed by atoms with Crippen LogP contribution in [0.15, 0.2) is 0 Å². The van der Waals surface area contributed by atoms with Gasteiger partial charge in [-0.3, -0.25) is 0 Å². The summed E-state index contributed by atoms with van der Waals surface area (Å²) in [5.41, 5.74) is 0.458. The van der Waals surface area contributed by atoms with Gasteiger partial charge in [-0.2, -0.15) is 0 Å². The maximum atomic E-state index is 3.76. The fraction of sp³-hybridized carbons (Fsp3) is 1.00. The van der Waals surface area contributed by atoms with Gasteiger partial charge in [-0.15, -0.1) is 0 Å². The third-order valence-corrected chi connectivity index (χ3v) is 4.79. The van der Waals surface area contributed by atoms with Crippen molar-refractivity contribution in [3.63, 3.8) is 0 Å². The van der Waals surface area contributed by atoms with Gasteiger partial charge in [0.05, 0.1) is 0 Å².